The molecular formula is C11H20N2O2S. The summed E-state index contributed by atoms with van der Waals surface area (Å²) in [5, 5.41) is 11.8. The Morgan fingerprint density at radius 1 is 1.50 bits per heavy atom. The molecule has 0 spiro atoms. The van der Waals surface area contributed by atoms with Gasteiger partial charge in [0.15, 0.2) is 9.84 Å². The van der Waals surface area contributed by atoms with Gasteiger partial charge in [0, 0.05) is 19.0 Å². The number of sulfone groups is 1. The Balaban J connectivity index is 2.32. The molecule has 1 unspecified atom stereocenters. The molecule has 0 bridgehead atoms. The molecule has 0 aromatic carbocycles. The smallest absolute Gasteiger partial charge is 0.151 e. The van der Waals surface area contributed by atoms with Crippen molar-refractivity contribution in [1.29, 1.82) is 5.26 Å². The molecule has 92 valence electrons. The van der Waals surface area contributed by atoms with Crippen LogP contribution in [0.4, 0.5) is 0 Å². The van der Waals surface area contributed by atoms with Crippen molar-refractivity contribution in [2.45, 2.75) is 39.2 Å². The quantitative estimate of drug-likeness (QED) is 0.786. The van der Waals surface area contributed by atoms with Crippen LogP contribution < -0.4 is 5.32 Å². The zero-order chi connectivity index (χ0) is 12.2. The summed E-state index contributed by atoms with van der Waals surface area (Å²) >= 11 is 0. The van der Waals surface area contributed by atoms with E-state index in [-0.39, 0.29) is 17.2 Å². The third kappa shape index (κ3) is 4.50. The maximum atomic E-state index is 11.3. The van der Waals surface area contributed by atoms with Crippen molar-refractivity contribution in [2.24, 2.45) is 5.41 Å². The van der Waals surface area contributed by atoms with Crippen LogP contribution in [0.1, 0.15) is 33.1 Å². The van der Waals surface area contributed by atoms with Gasteiger partial charge in [-0.05, 0) is 18.3 Å². The Hall–Kier alpha value is -0.600. The van der Waals surface area contributed by atoms with E-state index >= 15 is 0 Å². The van der Waals surface area contributed by atoms with Crippen molar-refractivity contribution in [1.82, 2.24) is 5.32 Å². The summed E-state index contributed by atoms with van der Waals surface area (Å²) in [6.07, 6.45) is 2.12. The molecule has 1 saturated heterocycles. The molecule has 1 aliphatic heterocycles. The minimum absolute atomic E-state index is 0.0576. The third-order valence-corrected chi connectivity index (χ3v) is 4.78. The zero-order valence-corrected chi connectivity index (χ0v) is 10.8. The second-order valence-corrected chi connectivity index (χ2v) is 7.53. The first kappa shape index (κ1) is 13.5. The molecule has 1 fully saturated rings. The van der Waals surface area contributed by atoms with E-state index in [1.807, 2.05) is 0 Å². The van der Waals surface area contributed by atoms with Gasteiger partial charge in [-0.25, -0.2) is 8.42 Å². The molecule has 1 rings (SSSR count). The van der Waals surface area contributed by atoms with Gasteiger partial charge < -0.3 is 5.32 Å². The van der Waals surface area contributed by atoms with Gasteiger partial charge in [0.2, 0.25) is 0 Å². The van der Waals surface area contributed by atoms with Crippen molar-refractivity contribution in [3.8, 4) is 6.07 Å². The number of nitrogens with zero attached hydrogens (tertiary/aromatic N) is 1. The maximum absolute atomic E-state index is 11.3. The van der Waals surface area contributed by atoms with Gasteiger partial charge in [-0.2, -0.15) is 5.26 Å². The number of rotatable bonds is 5. The fourth-order valence-electron chi connectivity index (χ4n) is 1.86. The van der Waals surface area contributed by atoms with Gasteiger partial charge in [0.05, 0.1) is 17.6 Å². The average Bonchev–Trinajstić information content (AvgIpc) is 2.53. The van der Waals surface area contributed by atoms with Crippen molar-refractivity contribution in [3.05, 3.63) is 0 Å². The van der Waals surface area contributed by atoms with E-state index in [4.69, 9.17) is 5.26 Å². The molecule has 5 heteroatoms. The lowest BCUT2D eigenvalue weighted by Crippen LogP contribution is -2.37. The van der Waals surface area contributed by atoms with Crippen molar-refractivity contribution in [2.75, 3.05) is 18.1 Å². The lowest BCUT2D eigenvalue weighted by Gasteiger charge is -2.25. The van der Waals surface area contributed by atoms with Gasteiger partial charge in [-0.15, -0.1) is 0 Å². The van der Waals surface area contributed by atoms with Crippen molar-refractivity contribution in [3.63, 3.8) is 0 Å². The average molecular weight is 244 g/mol. The largest absolute Gasteiger partial charge is 0.312 e. The van der Waals surface area contributed by atoms with Gasteiger partial charge >= 0.3 is 0 Å². The number of nitrogens with one attached hydrogen (secondary N) is 1. The Morgan fingerprint density at radius 2 is 2.19 bits per heavy atom. The normalized spacial score (nSPS) is 24.2. The molecule has 16 heavy (non-hydrogen) atoms. The standard InChI is InChI=1S/C11H20N2O2S/c1-11(2,5-3-6-12)9-13-10-4-7-16(14,15)8-10/h10,13H,3-5,7-9H2,1-2H3. The predicted molar refractivity (Wildman–Crippen MR) is 63.7 cm³/mol. The van der Waals surface area contributed by atoms with E-state index in [9.17, 15) is 8.42 Å². The van der Waals surface area contributed by atoms with Crippen LogP contribution in [0.25, 0.3) is 0 Å². The molecule has 1 N–H and O–H groups in total. The summed E-state index contributed by atoms with van der Waals surface area (Å²) < 4.78 is 22.5. The molecule has 1 atom stereocenters. The van der Waals surface area contributed by atoms with Crippen LogP contribution in [0.3, 0.4) is 0 Å². The second-order valence-electron chi connectivity index (χ2n) is 5.30. The van der Waals surface area contributed by atoms with Crippen LogP contribution in [0.2, 0.25) is 0 Å². The summed E-state index contributed by atoms with van der Waals surface area (Å²) in [5.74, 6) is 0.574. The van der Waals surface area contributed by atoms with E-state index in [1.165, 1.54) is 0 Å². The molecular weight excluding hydrogens is 224 g/mol. The van der Waals surface area contributed by atoms with E-state index in [0.717, 1.165) is 19.4 Å². The van der Waals surface area contributed by atoms with E-state index in [2.05, 4.69) is 25.2 Å². The fraction of sp³-hybridized carbons (Fsp3) is 0.909. The van der Waals surface area contributed by atoms with Gasteiger partial charge in [0.25, 0.3) is 0 Å². The van der Waals surface area contributed by atoms with Gasteiger partial charge in [0.1, 0.15) is 0 Å². The Bertz CT molecular complexity index is 368. The highest BCUT2D eigenvalue weighted by Gasteiger charge is 2.29. The number of hydrogen-bond acceptors (Lipinski definition) is 4. The highest BCUT2D eigenvalue weighted by molar-refractivity contribution is 7.91. The predicted octanol–water partition coefficient (Wildman–Crippen LogP) is 1.09. The number of hydrogen-bond donors (Lipinski definition) is 1. The first-order chi connectivity index (χ1) is 7.35. The molecule has 0 aromatic heterocycles. The molecule has 4 nitrogen and oxygen atoms in total. The van der Waals surface area contributed by atoms with Crippen LogP contribution >= 0.6 is 0 Å². The van der Waals surface area contributed by atoms with Crippen LogP contribution in [0, 0.1) is 16.7 Å². The lowest BCUT2D eigenvalue weighted by atomic mass is 9.88. The van der Waals surface area contributed by atoms with Crippen LogP contribution in [-0.2, 0) is 9.84 Å². The Morgan fingerprint density at radius 3 is 2.69 bits per heavy atom. The summed E-state index contributed by atoms with van der Waals surface area (Å²) in [5.41, 5.74) is 0.0576. The third-order valence-electron chi connectivity index (χ3n) is 3.02. The minimum Gasteiger partial charge on any atom is -0.312 e. The van der Waals surface area contributed by atoms with E-state index in [1.54, 1.807) is 0 Å². The molecule has 0 aromatic rings. The SMILES string of the molecule is CC(C)(CCC#N)CNC1CCS(=O)(=O)C1. The Labute approximate surface area is 98.0 Å². The molecule has 1 heterocycles. The van der Waals surface area contributed by atoms with Gasteiger partial charge in [-0.3, -0.25) is 0 Å². The maximum Gasteiger partial charge on any atom is 0.151 e. The van der Waals surface area contributed by atoms with Crippen LogP contribution in [0.5, 0.6) is 0 Å². The summed E-state index contributed by atoms with van der Waals surface area (Å²) in [6.45, 7) is 4.97. The first-order valence-electron chi connectivity index (χ1n) is 5.65. The Kier molecular flexibility index (Phi) is 4.34. The summed E-state index contributed by atoms with van der Waals surface area (Å²) in [6, 6.07) is 2.24. The van der Waals surface area contributed by atoms with Gasteiger partial charge in [-0.1, -0.05) is 13.8 Å². The first-order valence-corrected chi connectivity index (χ1v) is 7.48. The van der Waals surface area contributed by atoms with E-state index < -0.39 is 9.84 Å². The molecule has 0 amide bonds. The van der Waals surface area contributed by atoms with Crippen LogP contribution in [0.15, 0.2) is 0 Å². The highest BCUT2D eigenvalue weighted by atomic mass is 32.2. The molecule has 0 aliphatic carbocycles. The molecule has 0 saturated carbocycles. The summed E-state index contributed by atoms with van der Waals surface area (Å²) in [7, 11) is -2.79. The van der Waals surface area contributed by atoms with E-state index in [0.29, 0.717) is 12.2 Å². The fourth-order valence-corrected chi connectivity index (χ4v) is 3.57. The van der Waals surface area contributed by atoms with Crippen LogP contribution in [-0.4, -0.2) is 32.5 Å². The number of nitriles is 1. The molecule has 0 radical (unpaired) electrons. The summed E-state index contributed by atoms with van der Waals surface area (Å²) in [4.78, 5) is 0. The monoisotopic (exact) mass is 244 g/mol. The second kappa shape index (κ2) is 5.15. The highest BCUT2D eigenvalue weighted by Crippen LogP contribution is 2.22. The van der Waals surface area contributed by atoms with Crippen molar-refractivity contribution < 1.29 is 8.42 Å². The molecule has 1 aliphatic rings. The minimum atomic E-state index is -2.79. The lowest BCUT2D eigenvalue weighted by molar-refractivity contribution is 0.304. The zero-order valence-electron chi connectivity index (χ0n) is 9.99. The topological polar surface area (TPSA) is 70.0 Å². The van der Waals surface area contributed by atoms with Crippen molar-refractivity contribution >= 4 is 9.84 Å².